The van der Waals surface area contributed by atoms with E-state index in [9.17, 15) is 9.59 Å². The maximum absolute atomic E-state index is 12.8. The smallest absolute Gasteiger partial charge is 0.260 e. The molecule has 38 heavy (non-hydrogen) atoms. The van der Waals surface area contributed by atoms with Gasteiger partial charge in [0, 0.05) is 36.0 Å². The molecule has 0 bridgehead atoms. The second-order valence-corrected chi connectivity index (χ2v) is 8.92. The highest BCUT2D eigenvalue weighted by Gasteiger charge is 2.22. The number of carbonyl (C=O) groups excluding carboxylic acids is 2. The van der Waals surface area contributed by atoms with Gasteiger partial charge >= 0.3 is 0 Å². The van der Waals surface area contributed by atoms with E-state index in [4.69, 9.17) is 27.1 Å². The summed E-state index contributed by atoms with van der Waals surface area (Å²) in [5, 5.41) is 5.86. The third-order valence-electron chi connectivity index (χ3n) is 6.43. The van der Waals surface area contributed by atoms with Crippen LogP contribution in [-0.4, -0.2) is 44.5 Å². The summed E-state index contributed by atoms with van der Waals surface area (Å²) in [7, 11) is 4.61. The number of rotatable bonds is 7. The first kappa shape index (κ1) is 28.8. The standard InChI is InChI=1S/C28H29ClN4O3.CH5N/c1-16-18(8-6-12-23(16)32-27(35)22(13-14-30)26(34)31-2)20-10-5-11-21(25(20)29)24-15-17-7-4-9-19(17)28(33-24)36-3;1-2/h5-6,8,10-13,15H,4,7,9,14,30H2,1-3H3,(H,31,34)(H,32,35);2H2,1H3/b22-13+;. The first-order valence-electron chi connectivity index (χ1n) is 12.4. The highest BCUT2D eigenvalue weighted by molar-refractivity contribution is 6.36. The summed E-state index contributed by atoms with van der Waals surface area (Å²) in [6.45, 7) is 1.97. The Hall–Kier alpha value is -3.72. The molecule has 0 atom stereocenters. The molecule has 9 heteroatoms. The van der Waals surface area contributed by atoms with Crippen molar-refractivity contribution in [1.29, 1.82) is 0 Å². The number of ether oxygens (including phenoxy) is 1. The van der Waals surface area contributed by atoms with Crippen LogP contribution < -0.4 is 26.8 Å². The van der Waals surface area contributed by atoms with Gasteiger partial charge in [0.05, 0.1) is 17.8 Å². The van der Waals surface area contributed by atoms with E-state index in [1.54, 1.807) is 13.2 Å². The third-order valence-corrected chi connectivity index (χ3v) is 6.84. The van der Waals surface area contributed by atoms with Crippen LogP contribution >= 0.6 is 11.6 Å². The van der Waals surface area contributed by atoms with Crippen LogP contribution in [-0.2, 0) is 22.4 Å². The quantitative estimate of drug-likeness (QED) is 0.205. The number of halogens is 1. The molecule has 2 amide bonds. The van der Waals surface area contributed by atoms with Gasteiger partial charge in [0.15, 0.2) is 0 Å². The molecule has 0 radical (unpaired) electrons. The van der Waals surface area contributed by atoms with E-state index in [-0.39, 0.29) is 12.1 Å². The Morgan fingerprint density at radius 2 is 1.76 bits per heavy atom. The van der Waals surface area contributed by atoms with E-state index >= 15 is 0 Å². The molecule has 4 rings (SSSR count). The largest absolute Gasteiger partial charge is 0.481 e. The Kier molecular flexibility index (Phi) is 10.0. The van der Waals surface area contributed by atoms with Gasteiger partial charge in [-0.25, -0.2) is 4.98 Å². The SMILES string of the molecule is CN.CNC(=O)/C(=C\CN)C(=O)Nc1cccc(-c2cccc(-c3cc4c(c(OC)n3)CCC4)c2Cl)c1C. The van der Waals surface area contributed by atoms with Crippen LogP contribution in [0.2, 0.25) is 5.02 Å². The van der Waals surface area contributed by atoms with Gasteiger partial charge in [-0.05, 0) is 62.1 Å². The molecule has 8 nitrogen and oxygen atoms in total. The zero-order valence-electron chi connectivity index (χ0n) is 22.2. The van der Waals surface area contributed by atoms with Crippen LogP contribution in [0.3, 0.4) is 0 Å². The fourth-order valence-corrected chi connectivity index (χ4v) is 4.91. The summed E-state index contributed by atoms with van der Waals surface area (Å²) in [6, 6.07) is 13.5. The number of aryl methyl sites for hydroxylation is 1. The van der Waals surface area contributed by atoms with E-state index in [1.807, 2.05) is 37.3 Å². The monoisotopic (exact) mass is 535 g/mol. The molecule has 200 valence electrons. The zero-order valence-corrected chi connectivity index (χ0v) is 22.9. The topological polar surface area (TPSA) is 132 Å². The summed E-state index contributed by atoms with van der Waals surface area (Å²) in [4.78, 5) is 29.7. The van der Waals surface area contributed by atoms with Crippen molar-refractivity contribution in [1.82, 2.24) is 10.3 Å². The number of amides is 2. The molecule has 0 spiro atoms. The van der Waals surface area contributed by atoms with Gasteiger partial charge < -0.3 is 26.8 Å². The van der Waals surface area contributed by atoms with Crippen LogP contribution in [0.15, 0.2) is 54.1 Å². The number of aromatic nitrogens is 1. The minimum atomic E-state index is -0.533. The summed E-state index contributed by atoms with van der Waals surface area (Å²) < 4.78 is 5.57. The maximum atomic E-state index is 12.8. The Balaban J connectivity index is 0.00000195. The second kappa shape index (κ2) is 13.2. The van der Waals surface area contributed by atoms with Gasteiger partial charge in [-0.3, -0.25) is 9.59 Å². The lowest BCUT2D eigenvalue weighted by Crippen LogP contribution is -2.29. The Bertz CT molecular complexity index is 1370. The van der Waals surface area contributed by atoms with Crippen molar-refractivity contribution in [3.05, 3.63) is 75.8 Å². The molecular weight excluding hydrogens is 502 g/mol. The molecule has 3 aromatic rings. The highest BCUT2D eigenvalue weighted by Crippen LogP contribution is 2.40. The van der Waals surface area contributed by atoms with Crippen molar-refractivity contribution in [3.8, 4) is 28.3 Å². The Morgan fingerprint density at radius 1 is 1.08 bits per heavy atom. The number of pyridine rings is 1. The molecular formula is C29H34ClN5O3. The summed E-state index contributed by atoms with van der Waals surface area (Å²) in [5.74, 6) is -0.381. The van der Waals surface area contributed by atoms with Crippen molar-refractivity contribution in [2.24, 2.45) is 11.5 Å². The number of nitrogens with zero attached hydrogens (tertiary/aromatic N) is 1. The van der Waals surface area contributed by atoms with Gasteiger partial charge in [-0.15, -0.1) is 0 Å². The van der Waals surface area contributed by atoms with E-state index in [0.29, 0.717) is 16.6 Å². The van der Waals surface area contributed by atoms with E-state index in [2.05, 4.69) is 22.4 Å². The van der Waals surface area contributed by atoms with Crippen molar-refractivity contribution in [2.75, 3.05) is 33.1 Å². The molecule has 0 aliphatic heterocycles. The number of hydrogen-bond acceptors (Lipinski definition) is 6. The van der Waals surface area contributed by atoms with Gasteiger partial charge in [-0.2, -0.15) is 0 Å². The predicted molar refractivity (Wildman–Crippen MR) is 153 cm³/mol. The molecule has 0 saturated heterocycles. The lowest BCUT2D eigenvalue weighted by Gasteiger charge is -2.16. The summed E-state index contributed by atoms with van der Waals surface area (Å²) in [6.07, 6.45) is 4.45. The number of benzene rings is 2. The van der Waals surface area contributed by atoms with E-state index in [0.717, 1.165) is 47.2 Å². The molecule has 1 aliphatic rings. The van der Waals surface area contributed by atoms with E-state index < -0.39 is 11.8 Å². The molecule has 0 saturated carbocycles. The fourth-order valence-electron chi connectivity index (χ4n) is 4.58. The van der Waals surface area contributed by atoms with Gasteiger partial charge in [0.2, 0.25) is 5.88 Å². The first-order chi connectivity index (χ1) is 18.4. The van der Waals surface area contributed by atoms with Crippen molar-refractivity contribution >= 4 is 29.1 Å². The van der Waals surface area contributed by atoms with E-state index in [1.165, 1.54) is 31.3 Å². The third kappa shape index (κ3) is 5.88. The number of anilines is 1. The van der Waals surface area contributed by atoms with Crippen molar-refractivity contribution in [3.63, 3.8) is 0 Å². The van der Waals surface area contributed by atoms with Crippen LogP contribution in [0, 0.1) is 6.92 Å². The predicted octanol–water partition coefficient (Wildman–Crippen LogP) is 4.02. The van der Waals surface area contributed by atoms with Crippen LogP contribution in [0.25, 0.3) is 22.4 Å². The van der Waals surface area contributed by atoms with Crippen LogP contribution in [0.5, 0.6) is 5.88 Å². The molecule has 0 fully saturated rings. The minimum absolute atomic E-state index is 0.0403. The number of carbonyl (C=O) groups is 2. The lowest BCUT2D eigenvalue weighted by molar-refractivity contribution is -0.121. The van der Waals surface area contributed by atoms with Crippen LogP contribution in [0.1, 0.15) is 23.1 Å². The molecule has 1 aromatic heterocycles. The van der Waals surface area contributed by atoms with Gasteiger partial charge in [-0.1, -0.05) is 48.0 Å². The van der Waals surface area contributed by atoms with Crippen LogP contribution in [0.4, 0.5) is 5.69 Å². The lowest BCUT2D eigenvalue weighted by atomic mass is 9.96. The second-order valence-electron chi connectivity index (χ2n) is 8.54. The number of nitrogens with two attached hydrogens (primary N) is 2. The fraction of sp³-hybridized carbons (Fsp3) is 0.276. The number of hydrogen-bond donors (Lipinski definition) is 4. The van der Waals surface area contributed by atoms with Crippen molar-refractivity contribution in [2.45, 2.75) is 26.2 Å². The summed E-state index contributed by atoms with van der Waals surface area (Å²) in [5.41, 5.74) is 17.1. The number of likely N-dealkylation sites (N-methyl/N-ethyl adjacent to an activating group) is 1. The molecule has 1 heterocycles. The average molecular weight is 536 g/mol. The Morgan fingerprint density at radius 3 is 2.45 bits per heavy atom. The molecule has 6 N–H and O–H groups in total. The first-order valence-corrected chi connectivity index (χ1v) is 12.7. The minimum Gasteiger partial charge on any atom is -0.481 e. The normalized spacial score (nSPS) is 12.2. The molecule has 0 unspecified atom stereocenters. The van der Waals surface area contributed by atoms with Gasteiger partial charge in [0.25, 0.3) is 11.8 Å². The Labute approximate surface area is 228 Å². The number of nitrogens with one attached hydrogen (secondary N) is 2. The van der Waals surface area contributed by atoms with Gasteiger partial charge in [0.1, 0.15) is 5.57 Å². The average Bonchev–Trinajstić information content (AvgIpc) is 3.42. The van der Waals surface area contributed by atoms with Crippen molar-refractivity contribution < 1.29 is 14.3 Å². The molecule has 2 aromatic carbocycles. The summed E-state index contributed by atoms with van der Waals surface area (Å²) >= 11 is 6.96. The zero-order chi connectivity index (χ0) is 27.8. The number of methoxy groups -OCH3 is 1. The number of fused-ring (bicyclic) bond motifs is 1. The highest BCUT2D eigenvalue weighted by atomic mass is 35.5. The molecule has 1 aliphatic carbocycles. The maximum Gasteiger partial charge on any atom is 0.260 e.